The van der Waals surface area contributed by atoms with Crippen LogP contribution in [0.5, 0.6) is 5.75 Å². The van der Waals surface area contributed by atoms with Gasteiger partial charge in [0.2, 0.25) is 0 Å². The van der Waals surface area contributed by atoms with Gasteiger partial charge in [0.15, 0.2) is 0 Å². The number of carbonyl (C=O) groups excluding carboxylic acids is 1. The molecular formula is C16H20BrN3O2S. The third kappa shape index (κ3) is 5.30. The van der Waals surface area contributed by atoms with Crippen molar-refractivity contribution in [2.24, 2.45) is 5.73 Å². The maximum Gasteiger partial charge on any atom is 0.273 e. The van der Waals surface area contributed by atoms with Gasteiger partial charge in [-0.15, -0.1) is 11.3 Å². The van der Waals surface area contributed by atoms with Crippen molar-refractivity contribution in [3.05, 3.63) is 44.8 Å². The fraction of sp³-hybridized carbons (Fsp3) is 0.375. The van der Waals surface area contributed by atoms with Gasteiger partial charge in [0.25, 0.3) is 5.91 Å². The Morgan fingerprint density at radius 3 is 2.78 bits per heavy atom. The summed E-state index contributed by atoms with van der Waals surface area (Å²) in [6, 6.07) is 7.63. The first-order chi connectivity index (χ1) is 11.1. The third-order valence-electron chi connectivity index (χ3n) is 3.24. The van der Waals surface area contributed by atoms with Crippen LogP contribution in [0, 0.1) is 0 Å². The Bertz CT molecular complexity index is 631. The van der Waals surface area contributed by atoms with Crippen LogP contribution >= 0.6 is 27.3 Å². The summed E-state index contributed by atoms with van der Waals surface area (Å²) in [6.45, 7) is 4.08. The molecule has 1 aromatic carbocycles. The van der Waals surface area contributed by atoms with Crippen molar-refractivity contribution >= 4 is 33.2 Å². The minimum atomic E-state index is -0.0635. The molecule has 1 aromatic heterocycles. The first kappa shape index (κ1) is 17.9. The standard InChI is InChI=1S/C16H20BrN3O2S/c1-2-20(9-10-22-13-5-3-12(17)4-6-13)16(21)14-11-23-15(19-14)7-8-18/h3-6,11H,2,7-10,18H2,1H3. The smallest absolute Gasteiger partial charge is 0.273 e. The number of ether oxygens (including phenoxy) is 1. The molecule has 0 aliphatic rings. The lowest BCUT2D eigenvalue weighted by atomic mass is 10.3. The monoisotopic (exact) mass is 397 g/mol. The molecule has 0 fully saturated rings. The quantitative estimate of drug-likeness (QED) is 0.743. The predicted octanol–water partition coefficient (Wildman–Crippen LogP) is 2.95. The number of nitrogens with two attached hydrogens (primary N) is 1. The lowest BCUT2D eigenvalue weighted by Crippen LogP contribution is -2.34. The molecule has 2 N–H and O–H groups in total. The molecule has 7 heteroatoms. The Morgan fingerprint density at radius 1 is 1.39 bits per heavy atom. The Balaban J connectivity index is 1.88. The van der Waals surface area contributed by atoms with Gasteiger partial charge < -0.3 is 15.4 Å². The van der Waals surface area contributed by atoms with E-state index in [9.17, 15) is 4.79 Å². The van der Waals surface area contributed by atoms with Gasteiger partial charge in [-0.2, -0.15) is 0 Å². The zero-order chi connectivity index (χ0) is 16.7. The van der Waals surface area contributed by atoms with E-state index in [-0.39, 0.29) is 5.91 Å². The number of carbonyl (C=O) groups is 1. The van der Waals surface area contributed by atoms with E-state index in [0.29, 0.717) is 38.4 Å². The first-order valence-electron chi connectivity index (χ1n) is 7.46. The van der Waals surface area contributed by atoms with Crippen molar-refractivity contribution in [1.29, 1.82) is 0 Å². The average Bonchev–Trinajstić information content (AvgIpc) is 3.02. The molecular weight excluding hydrogens is 378 g/mol. The van der Waals surface area contributed by atoms with E-state index in [1.54, 1.807) is 10.3 Å². The molecule has 0 spiro atoms. The molecule has 0 radical (unpaired) electrons. The topological polar surface area (TPSA) is 68.5 Å². The van der Waals surface area contributed by atoms with Crippen LogP contribution in [0.15, 0.2) is 34.1 Å². The minimum absolute atomic E-state index is 0.0635. The Hall–Kier alpha value is -1.44. The van der Waals surface area contributed by atoms with E-state index in [4.69, 9.17) is 10.5 Å². The summed E-state index contributed by atoms with van der Waals surface area (Å²) in [6.07, 6.45) is 0.705. The molecule has 1 amide bonds. The molecule has 5 nitrogen and oxygen atoms in total. The van der Waals surface area contributed by atoms with E-state index >= 15 is 0 Å². The Labute approximate surface area is 148 Å². The van der Waals surface area contributed by atoms with Crippen LogP contribution in [0.1, 0.15) is 22.4 Å². The predicted molar refractivity (Wildman–Crippen MR) is 96.1 cm³/mol. The first-order valence-corrected chi connectivity index (χ1v) is 9.13. The lowest BCUT2D eigenvalue weighted by molar-refractivity contribution is 0.0734. The van der Waals surface area contributed by atoms with E-state index in [1.165, 1.54) is 11.3 Å². The summed E-state index contributed by atoms with van der Waals surface area (Å²) in [4.78, 5) is 18.5. The van der Waals surface area contributed by atoms with Crippen LogP contribution in [-0.2, 0) is 6.42 Å². The molecule has 1 heterocycles. The molecule has 0 atom stereocenters. The number of benzene rings is 1. The van der Waals surface area contributed by atoms with Gasteiger partial charge in [-0.1, -0.05) is 15.9 Å². The van der Waals surface area contributed by atoms with E-state index < -0.39 is 0 Å². The maximum atomic E-state index is 12.5. The van der Waals surface area contributed by atoms with Crippen LogP contribution in [0.25, 0.3) is 0 Å². The fourth-order valence-corrected chi connectivity index (χ4v) is 3.07. The third-order valence-corrected chi connectivity index (χ3v) is 4.68. The minimum Gasteiger partial charge on any atom is -0.492 e. The number of thiazole rings is 1. The van der Waals surface area contributed by atoms with Gasteiger partial charge in [0, 0.05) is 22.8 Å². The van der Waals surface area contributed by atoms with Crippen LogP contribution in [0.2, 0.25) is 0 Å². The van der Waals surface area contributed by atoms with Gasteiger partial charge in [-0.3, -0.25) is 4.79 Å². The number of aromatic nitrogens is 1. The second kappa shape index (κ2) is 9.00. The number of hydrogen-bond acceptors (Lipinski definition) is 5. The highest BCUT2D eigenvalue weighted by molar-refractivity contribution is 9.10. The molecule has 0 bridgehead atoms. The fourth-order valence-electron chi connectivity index (χ4n) is 2.02. The molecule has 0 saturated heterocycles. The van der Waals surface area contributed by atoms with Crippen molar-refractivity contribution in [2.75, 3.05) is 26.2 Å². The summed E-state index contributed by atoms with van der Waals surface area (Å²) < 4.78 is 6.68. The van der Waals surface area contributed by atoms with Crippen molar-refractivity contribution in [3.63, 3.8) is 0 Å². The lowest BCUT2D eigenvalue weighted by Gasteiger charge is -2.20. The number of nitrogens with zero attached hydrogens (tertiary/aromatic N) is 2. The number of halogens is 1. The normalized spacial score (nSPS) is 10.6. The molecule has 0 aliphatic heterocycles. The second-order valence-electron chi connectivity index (χ2n) is 4.85. The molecule has 124 valence electrons. The Kier molecular flexibility index (Phi) is 7.01. The highest BCUT2D eigenvalue weighted by Gasteiger charge is 2.17. The highest BCUT2D eigenvalue weighted by atomic mass is 79.9. The number of rotatable bonds is 8. The zero-order valence-corrected chi connectivity index (χ0v) is 15.4. The van der Waals surface area contributed by atoms with Gasteiger partial charge in [-0.25, -0.2) is 4.98 Å². The summed E-state index contributed by atoms with van der Waals surface area (Å²) in [5.41, 5.74) is 6.00. The molecule has 0 unspecified atom stereocenters. The summed E-state index contributed by atoms with van der Waals surface area (Å²) in [5, 5.41) is 2.70. The van der Waals surface area contributed by atoms with E-state index in [0.717, 1.165) is 15.2 Å². The molecule has 0 saturated carbocycles. The van der Waals surface area contributed by atoms with Gasteiger partial charge in [0.1, 0.15) is 18.1 Å². The maximum absolute atomic E-state index is 12.5. The van der Waals surface area contributed by atoms with Gasteiger partial charge >= 0.3 is 0 Å². The highest BCUT2D eigenvalue weighted by Crippen LogP contribution is 2.16. The SMILES string of the molecule is CCN(CCOc1ccc(Br)cc1)C(=O)c1csc(CCN)n1. The van der Waals surface area contributed by atoms with Crippen molar-refractivity contribution in [1.82, 2.24) is 9.88 Å². The molecule has 0 aliphatic carbocycles. The van der Waals surface area contributed by atoms with Crippen LogP contribution in [-0.4, -0.2) is 42.0 Å². The van der Waals surface area contributed by atoms with Crippen LogP contribution in [0.4, 0.5) is 0 Å². The van der Waals surface area contributed by atoms with Crippen LogP contribution in [0.3, 0.4) is 0 Å². The number of amides is 1. The van der Waals surface area contributed by atoms with Crippen molar-refractivity contribution in [2.45, 2.75) is 13.3 Å². The van der Waals surface area contributed by atoms with E-state index in [2.05, 4.69) is 20.9 Å². The summed E-state index contributed by atoms with van der Waals surface area (Å²) in [5.74, 6) is 0.724. The number of likely N-dealkylation sites (N-methyl/N-ethyl adjacent to an activating group) is 1. The Morgan fingerprint density at radius 2 is 2.13 bits per heavy atom. The molecule has 2 aromatic rings. The summed E-state index contributed by atoms with van der Waals surface area (Å²) in [7, 11) is 0. The second-order valence-corrected chi connectivity index (χ2v) is 6.71. The van der Waals surface area contributed by atoms with Gasteiger partial charge in [0.05, 0.1) is 11.6 Å². The van der Waals surface area contributed by atoms with E-state index in [1.807, 2.05) is 31.2 Å². The zero-order valence-electron chi connectivity index (χ0n) is 13.0. The van der Waals surface area contributed by atoms with Gasteiger partial charge in [-0.05, 0) is 37.7 Å². The number of hydrogen-bond donors (Lipinski definition) is 1. The summed E-state index contributed by atoms with van der Waals surface area (Å²) >= 11 is 4.86. The molecule has 23 heavy (non-hydrogen) atoms. The molecule has 2 rings (SSSR count). The van der Waals surface area contributed by atoms with Crippen LogP contribution < -0.4 is 10.5 Å². The largest absolute Gasteiger partial charge is 0.492 e. The van der Waals surface area contributed by atoms with Crippen molar-refractivity contribution in [3.8, 4) is 5.75 Å². The van der Waals surface area contributed by atoms with Crippen molar-refractivity contribution < 1.29 is 9.53 Å². The average molecular weight is 398 g/mol.